The van der Waals surface area contributed by atoms with Crippen LogP contribution in [0.4, 0.5) is 5.69 Å². The van der Waals surface area contributed by atoms with Crippen LogP contribution in [0.1, 0.15) is 13.3 Å². The number of rotatable bonds is 5. The number of anilines is 1. The smallest absolute Gasteiger partial charge is 0.241 e. The fourth-order valence-corrected chi connectivity index (χ4v) is 2.55. The van der Waals surface area contributed by atoms with E-state index in [4.69, 9.17) is 0 Å². The molecule has 0 aliphatic carbocycles. The van der Waals surface area contributed by atoms with Crippen LogP contribution in [0.15, 0.2) is 30.3 Å². The Morgan fingerprint density at radius 3 is 2.68 bits per heavy atom. The maximum atomic E-state index is 12.4. The predicted octanol–water partition coefficient (Wildman–Crippen LogP) is 1.33. The molecule has 1 atom stereocenters. The van der Waals surface area contributed by atoms with Gasteiger partial charge < -0.3 is 10.2 Å². The number of amides is 1. The summed E-state index contributed by atoms with van der Waals surface area (Å²) in [4.78, 5) is 16.4. The molecule has 1 amide bonds. The molecule has 1 aromatic rings. The van der Waals surface area contributed by atoms with Crippen LogP contribution in [-0.4, -0.2) is 50.1 Å². The number of para-hydroxylation sites is 1. The first-order chi connectivity index (χ1) is 9.22. The van der Waals surface area contributed by atoms with Gasteiger partial charge in [0, 0.05) is 24.8 Å². The van der Waals surface area contributed by atoms with E-state index in [-0.39, 0.29) is 5.91 Å². The topological polar surface area (TPSA) is 35.6 Å². The zero-order valence-corrected chi connectivity index (χ0v) is 11.8. The minimum Gasteiger partial charge on any atom is -0.315 e. The van der Waals surface area contributed by atoms with E-state index < -0.39 is 0 Å². The Morgan fingerprint density at radius 2 is 2.11 bits per heavy atom. The minimum absolute atomic E-state index is 0.170. The molecule has 1 saturated heterocycles. The Bertz CT molecular complexity index is 401. The summed E-state index contributed by atoms with van der Waals surface area (Å²) in [5, 5.41) is 3.33. The molecular weight excluding hydrogens is 238 g/mol. The van der Waals surface area contributed by atoms with Crippen LogP contribution in [0.5, 0.6) is 0 Å². The second kappa shape index (κ2) is 6.68. The first-order valence-corrected chi connectivity index (χ1v) is 6.98. The summed E-state index contributed by atoms with van der Waals surface area (Å²) in [6.45, 7) is 5.25. The summed E-state index contributed by atoms with van der Waals surface area (Å²) >= 11 is 0. The number of hydrogen-bond donors (Lipinski definition) is 1. The number of nitrogens with zero attached hydrogens (tertiary/aromatic N) is 2. The van der Waals surface area contributed by atoms with Gasteiger partial charge in [0.1, 0.15) is 0 Å². The second-order valence-corrected chi connectivity index (χ2v) is 5.04. The third kappa shape index (κ3) is 3.55. The van der Waals surface area contributed by atoms with E-state index in [1.165, 1.54) is 0 Å². The number of benzene rings is 1. The van der Waals surface area contributed by atoms with E-state index in [0.717, 1.165) is 25.2 Å². The van der Waals surface area contributed by atoms with E-state index in [9.17, 15) is 4.79 Å². The third-order valence-electron chi connectivity index (χ3n) is 3.73. The molecule has 0 saturated carbocycles. The molecule has 1 N–H and O–H groups in total. The summed E-state index contributed by atoms with van der Waals surface area (Å²) < 4.78 is 0. The Balaban J connectivity index is 1.97. The quantitative estimate of drug-likeness (QED) is 0.868. The molecule has 104 valence electrons. The van der Waals surface area contributed by atoms with Gasteiger partial charge in [-0.15, -0.1) is 0 Å². The number of nitrogens with one attached hydrogen (secondary N) is 1. The Kier molecular flexibility index (Phi) is 4.93. The van der Waals surface area contributed by atoms with Crippen molar-refractivity contribution in [2.45, 2.75) is 19.4 Å². The van der Waals surface area contributed by atoms with Gasteiger partial charge in [-0.3, -0.25) is 9.69 Å². The van der Waals surface area contributed by atoms with Crippen molar-refractivity contribution in [2.24, 2.45) is 0 Å². The maximum Gasteiger partial charge on any atom is 0.241 e. The highest BCUT2D eigenvalue weighted by molar-refractivity contribution is 5.94. The molecule has 0 bridgehead atoms. The van der Waals surface area contributed by atoms with Crippen LogP contribution in [0.25, 0.3) is 0 Å². The average molecular weight is 261 g/mol. The van der Waals surface area contributed by atoms with Crippen molar-refractivity contribution in [2.75, 3.05) is 38.1 Å². The van der Waals surface area contributed by atoms with Crippen LogP contribution in [0.3, 0.4) is 0 Å². The van der Waals surface area contributed by atoms with Crippen molar-refractivity contribution >= 4 is 11.6 Å². The SMILES string of the molecule is CCN(C(=O)CN(C)C1CCNC1)c1ccccc1. The third-order valence-corrected chi connectivity index (χ3v) is 3.73. The highest BCUT2D eigenvalue weighted by Crippen LogP contribution is 2.14. The van der Waals surface area contributed by atoms with Crippen LogP contribution in [0.2, 0.25) is 0 Å². The predicted molar refractivity (Wildman–Crippen MR) is 78.4 cm³/mol. The van der Waals surface area contributed by atoms with Gasteiger partial charge in [-0.1, -0.05) is 18.2 Å². The Labute approximate surface area is 115 Å². The van der Waals surface area contributed by atoms with Crippen molar-refractivity contribution in [3.63, 3.8) is 0 Å². The van der Waals surface area contributed by atoms with Crippen LogP contribution in [0, 0.1) is 0 Å². The van der Waals surface area contributed by atoms with Crippen molar-refractivity contribution in [1.82, 2.24) is 10.2 Å². The largest absolute Gasteiger partial charge is 0.315 e. The van der Waals surface area contributed by atoms with Gasteiger partial charge in [-0.2, -0.15) is 0 Å². The fraction of sp³-hybridized carbons (Fsp3) is 0.533. The van der Waals surface area contributed by atoms with Crippen molar-refractivity contribution in [3.05, 3.63) is 30.3 Å². The lowest BCUT2D eigenvalue weighted by atomic mass is 10.2. The second-order valence-electron chi connectivity index (χ2n) is 5.04. The molecule has 1 unspecified atom stereocenters. The lowest BCUT2D eigenvalue weighted by Crippen LogP contribution is -2.43. The molecule has 2 rings (SSSR count). The molecule has 1 heterocycles. The summed E-state index contributed by atoms with van der Waals surface area (Å²) in [5.41, 5.74) is 0.980. The highest BCUT2D eigenvalue weighted by Gasteiger charge is 2.23. The highest BCUT2D eigenvalue weighted by atomic mass is 16.2. The first-order valence-electron chi connectivity index (χ1n) is 6.98. The van der Waals surface area contributed by atoms with Gasteiger partial charge in [0.25, 0.3) is 0 Å². The average Bonchev–Trinajstić information content (AvgIpc) is 2.94. The summed E-state index contributed by atoms with van der Waals surface area (Å²) in [6.07, 6.45) is 1.13. The van der Waals surface area contributed by atoms with Crippen LogP contribution in [-0.2, 0) is 4.79 Å². The zero-order chi connectivity index (χ0) is 13.7. The number of carbonyl (C=O) groups excluding carboxylic acids is 1. The molecule has 1 aliphatic rings. The Morgan fingerprint density at radius 1 is 1.37 bits per heavy atom. The maximum absolute atomic E-state index is 12.4. The van der Waals surface area contributed by atoms with Gasteiger partial charge in [0.15, 0.2) is 0 Å². The molecule has 1 aliphatic heterocycles. The summed E-state index contributed by atoms with van der Waals surface area (Å²) in [5.74, 6) is 0.170. The van der Waals surface area contributed by atoms with Crippen molar-refractivity contribution in [3.8, 4) is 0 Å². The molecule has 1 aromatic carbocycles. The van der Waals surface area contributed by atoms with Gasteiger partial charge in [0.2, 0.25) is 5.91 Å². The number of hydrogen-bond acceptors (Lipinski definition) is 3. The van der Waals surface area contributed by atoms with Crippen molar-refractivity contribution in [1.29, 1.82) is 0 Å². The van der Waals surface area contributed by atoms with E-state index in [0.29, 0.717) is 19.1 Å². The van der Waals surface area contributed by atoms with Crippen LogP contribution < -0.4 is 10.2 Å². The molecular formula is C15H23N3O. The monoisotopic (exact) mass is 261 g/mol. The number of carbonyl (C=O) groups is 1. The van der Waals surface area contributed by atoms with E-state index >= 15 is 0 Å². The van der Waals surface area contributed by atoms with Gasteiger partial charge in [0.05, 0.1) is 6.54 Å². The molecule has 19 heavy (non-hydrogen) atoms. The summed E-state index contributed by atoms with van der Waals surface area (Å²) in [7, 11) is 2.04. The standard InChI is InChI=1S/C15H23N3O/c1-3-18(13-7-5-4-6-8-13)15(19)12-17(2)14-9-10-16-11-14/h4-8,14,16H,3,9-12H2,1-2H3. The normalized spacial score (nSPS) is 18.8. The molecule has 0 radical (unpaired) electrons. The van der Waals surface area contributed by atoms with Crippen LogP contribution >= 0.6 is 0 Å². The van der Waals surface area contributed by atoms with Gasteiger partial charge >= 0.3 is 0 Å². The molecule has 0 aromatic heterocycles. The van der Waals surface area contributed by atoms with E-state index in [2.05, 4.69) is 10.2 Å². The molecule has 0 spiro atoms. The van der Waals surface area contributed by atoms with Gasteiger partial charge in [-0.25, -0.2) is 0 Å². The first kappa shape index (κ1) is 14.0. The number of likely N-dealkylation sites (N-methyl/N-ethyl adjacent to an activating group) is 2. The molecule has 4 heteroatoms. The fourth-order valence-electron chi connectivity index (χ4n) is 2.55. The Hall–Kier alpha value is -1.39. The lowest BCUT2D eigenvalue weighted by molar-refractivity contribution is -0.119. The molecule has 1 fully saturated rings. The molecule has 4 nitrogen and oxygen atoms in total. The van der Waals surface area contributed by atoms with E-state index in [1.54, 1.807) is 0 Å². The van der Waals surface area contributed by atoms with Gasteiger partial charge in [-0.05, 0) is 39.1 Å². The van der Waals surface area contributed by atoms with Crippen molar-refractivity contribution < 1.29 is 4.79 Å². The van der Waals surface area contributed by atoms with E-state index in [1.807, 2.05) is 49.2 Å². The minimum atomic E-state index is 0.170. The zero-order valence-electron chi connectivity index (χ0n) is 11.8. The summed E-state index contributed by atoms with van der Waals surface area (Å²) in [6, 6.07) is 10.4. The lowest BCUT2D eigenvalue weighted by Gasteiger charge is -2.27.